The van der Waals surface area contributed by atoms with Crippen LogP contribution in [0.15, 0.2) is 12.7 Å². The lowest BCUT2D eigenvalue weighted by Gasteiger charge is -2.28. The van der Waals surface area contributed by atoms with E-state index in [-0.39, 0.29) is 24.6 Å². The summed E-state index contributed by atoms with van der Waals surface area (Å²) in [6, 6.07) is 0.0393. The van der Waals surface area contributed by atoms with Crippen molar-refractivity contribution in [2.75, 3.05) is 12.1 Å². The van der Waals surface area contributed by atoms with E-state index in [4.69, 9.17) is 15.0 Å². The van der Waals surface area contributed by atoms with E-state index in [0.717, 1.165) is 0 Å². The third-order valence-electron chi connectivity index (χ3n) is 3.96. The molecule has 0 radical (unpaired) electrons. The molecular formula is C11H14N5O4P. The van der Waals surface area contributed by atoms with Gasteiger partial charge in [0, 0.05) is 6.04 Å². The fourth-order valence-corrected chi connectivity index (χ4v) is 4.10. The molecule has 0 bridgehead atoms. The molecule has 3 N–H and O–H groups in total. The summed E-state index contributed by atoms with van der Waals surface area (Å²) in [5, 5.41) is 0. The van der Waals surface area contributed by atoms with Crippen molar-refractivity contribution in [3.05, 3.63) is 12.7 Å². The molecule has 4 atom stereocenters. The second kappa shape index (κ2) is 4.48. The molecule has 21 heavy (non-hydrogen) atoms. The molecule has 1 saturated carbocycles. The Morgan fingerprint density at radius 2 is 2.14 bits per heavy atom. The van der Waals surface area contributed by atoms with E-state index < -0.39 is 7.60 Å². The van der Waals surface area contributed by atoms with Crippen LogP contribution in [-0.4, -0.2) is 43.0 Å². The number of fused-ring (bicyclic) bond motifs is 2. The number of anilines is 1. The molecule has 0 aromatic carbocycles. The molecule has 10 heteroatoms. The first-order chi connectivity index (χ1) is 10.0. The number of rotatable bonds is 1. The van der Waals surface area contributed by atoms with E-state index in [1.165, 1.54) is 6.33 Å². The Bertz CT molecular complexity index is 749. The quantitative estimate of drug-likeness (QED) is 0.736. The molecule has 0 spiro atoms. The van der Waals surface area contributed by atoms with Crippen LogP contribution in [0.1, 0.15) is 18.9 Å². The Hall–Kier alpha value is -1.54. The number of nitrogens with two attached hydrogens (primary N) is 1. The first-order valence-electron chi connectivity index (χ1n) is 6.58. The molecule has 1 unspecified atom stereocenters. The average Bonchev–Trinajstić information content (AvgIpc) is 3.01. The second-order valence-electron chi connectivity index (χ2n) is 5.32. The Labute approximate surface area is 119 Å². The second-order valence-corrected chi connectivity index (χ2v) is 7.07. The van der Waals surface area contributed by atoms with E-state index in [2.05, 4.69) is 15.0 Å². The first-order valence-corrected chi connectivity index (χ1v) is 8.34. The highest BCUT2D eigenvalue weighted by molar-refractivity contribution is 7.52. The van der Waals surface area contributed by atoms with Crippen molar-refractivity contribution in [1.82, 2.24) is 19.5 Å². The number of aromatic nitrogens is 4. The monoisotopic (exact) mass is 311 g/mol. The molecule has 2 aliphatic rings. The Morgan fingerprint density at radius 3 is 3.00 bits per heavy atom. The van der Waals surface area contributed by atoms with Gasteiger partial charge in [0.05, 0.1) is 18.5 Å². The maximum Gasteiger partial charge on any atom is 0.353 e. The maximum absolute atomic E-state index is 11.6. The van der Waals surface area contributed by atoms with Crippen LogP contribution in [0.5, 0.6) is 0 Å². The molecule has 0 amide bonds. The standard InChI is InChI=1S/C11H14N5O4P/c12-10-9-11(14-3-13-10)16(4-15-9)6-1-7-8(2-6)20-21(17,18)5-19-7/h3-4,6-8H,1-2,5H2,(H,17,18)(H2,12,13,14)/t6-,7+,8+/m1/s1. The van der Waals surface area contributed by atoms with Crippen LogP contribution in [0.3, 0.4) is 0 Å². The smallest absolute Gasteiger partial charge is 0.353 e. The molecule has 2 aromatic heterocycles. The first kappa shape index (κ1) is 13.1. The minimum absolute atomic E-state index is 0.0393. The van der Waals surface area contributed by atoms with E-state index in [9.17, 15) is 9.46 Å². The molecule has 1 saturated heterocycles. The molecule has 1 aliphatic carbocycles. The highest BCUT2D eigenvalue weighted by atomic mass is 31.2. The number of ether oxygens (including phenoxy) is 1. The van der Waals surface area contributed by atoms with E-state index in [1.807, 2.05) is 4.57 Å². The van der Waals surface area contributed by atoms with Gasteiger partial charge in [0.25, 0.3) is 0 Å². The molecule has 4 rings (SSSR count). The summed E-state index contributed by atoms with van der Waals surface area (Å²) in [6.45, 7) is 0. The topological polar surface area (TPSA) is 125 Å². The van der Waals surface area contributed by atoms with Gasteiger partial charge in [-0.25, -0.2) is 15.0 Å². The normalized spacial score (nSPS) is 36.0. The molecule has 1 aliphatic heterocycles. The number of hydrogen-bond donors (Lipinski definition) is 2. The van der Waals surface area contributed by atoms with Gasteiger partial charge in [-0.15, -0.1) is 0 Å². The summed E-state index contributed by atoms with van der Waals surface area (Å²) in [6.07, 6.45) is 3.51. The van der Waals surface area contributed by atoms with E-state index >= 15 is 0 Å². The van der Waals surface area contributed by atoms with Gasteiger partial charge in [0.2, 0.25) is 0 Å². The summed E-state index contributed by atoms with van der Waals surface area (Å²) in [5.41, 5.74) is 6.98. The number of imidazole rings is 1. The van der Waals surface area contributed by atoms with Gasteiger partial charge in [-0.1, -0.05) is 0 Å². The molecule has 112 valence electrons. The van der Waals surface area contributed by atoms with E-state index in [0.29, 0.717) is 29.8 Å². The van der Waals surface area contributed by atoms with Crippen molar-refractivity contribution in [3.8, 4) is 0 Å². The largest absolute Gasteiger partial charge is 0.382 e. The number of hydrogen-bond acceptors (Lipinski definition) is 7. The zero-order valence-electron chi connectivity index (χ0n) is 11.0. The van der Waals surface area contributed by atoms with Crippen molar-refractivity contribution in [3.63, 3.8) is 0 Å². The van der Waals surface area contributed by atoms with Crippen LogP contribution in [0, 0.1) is 0 Å². The highest BCUT2D eigenvalue weighted by Crippen LogP contribution is 2.52. The van der Waals surface area contributed by atoms with Gasteiger partial charge in [-0.05, 0) is 12.8 Å². The predicted octanol–water partition coefficient (Wildman–Crippen LogP) is 0.670. The van der Waals surface area contributed by atoms with Gasteiger partial charge >= 0.3 is 7.60 Å². The molecular weight excluding hydrogens is 297 g/mol. The molecule has 3 heterocycles. The van der Waals surface area contributed by atoms with Crippen molar-refractivity contribution in [2.24, 2.45) is 0 Å². The zero-order chi connectivity index (χ0) is 14.6. The van der Waals surface area contributed by atoms with E-state index in [1.54, 1.807) is 6.33 Å². The highest BCUT2D eigenvalue weighted by Gasteiger charge is 2.45. The number of nitrogens with zero attached hydrogens (tertiary/aromatic N) is 4. The van der Waals surface area contributed by atoms with Crippen LogP contribution in [0.4, 0.5) is 5.82 Å². The van der Waals surface area contributed by atoms with Gasteiger partial charge < -0.3 is 24.5 Å². The fourth-order valence-electron chi connectivity index (χ4n) is 3.02. The Kier molecular flexibility index (Phi) is 2.80. The van der Waals surface area contributed by atoms with Gasteiger partial charge in [-0.3, -0.25) is 4.57 Å². The van der Waals surface area contributed by atoms with Gasteiger partial charge in [0.1, 0.15) is 18.2 Å². The Balaban J connectivity index is 1.66. The summed E-state index contributed by atoms with van der Waals surface area (Å²) in [7, 11) is -3.61. The summed E-state index contributed by atoms with van der Waals surface area (Å²) in [4.78, 5) is 21.9. The predicted molar refractivity (Wildman–Crippen MR) is 72.4 cm³/mol. The van der Waals surface area contributed by atoms with Crippen LogP contribution in [0.2, 0.25) is 0 Å². The lowest BCUT2D eigenvalue weighted by molar-refractivity contribution is -0.0320. The summed E-state index contributed by atoms with van der Waals surface area (Å²) in [5.74, 6) is 0.335. The lowest BCUT2D eigenvalue weighted by atomic mass is 10.2. The van der Waals surface area contributed by atoms with Crippen molar-refractivity contribution in [1.29, 1.82) is 0 Å². The third-order valence-corrected chi connectivity index (χ3v) is 5.03. The van der Waals surface area contributed by atoms with Crippen LogP contribution < -0.4 is 5.73 Å². The fraction of sp³-hybridized carbons (Fsp3) is 0.545. The minimum Gasteiger partial charge on any atom is -0.382 e. The zero-order valence-corrected chi connectivity index (χ0v) is 11.9. The average molecular weight is 311 g/mol. The third kappa shape index (κ3) is 2.13. The molecule has 9 nitrogen and oxygen atoms in total. The van der Waals surface area contributed by atoms with Gasteiger partial charge in [0.15, 0.2) is 11.5 Å². The van der Waals surface area contributed by atoms with Crippen molar-refractivity contribution < 1.29 is 18.7 Å². The van der Waals surface area contributed by atoms with Gasteiger partial charge in [-0.2, -0.15) is 0 Å². The van der Waals surface area contributed by atoms with Crippen molar-refractivity contribution >= 4 is 24.6 Å². The van der Waals surface area contributed by atoms with Crippen LogP contribution >= 0.6 is 7.60 Å². The summed E-state index contributed by atoms with van der Waals surface area (Å²) < 4.78 is 24.2. The minimum atomic E-state index is -3.61. The number of nitrogen functional groups attached to an aromatic ring is 1. The lowest BCUT2D eigenvalue weighted by Crippen LogP contribution is -2.30. The molecule has 2 aromatic rings. The molecule has 2 fully saturated rings. The van der Waals surface area contributed by atoms with Crippen molar-refractivity contribution in [2.45, 2.75) is 31.1 Å². The van der Waals surface area contributed by atoms with Crippen LogP contribution in [-0.2, 0) is 13.8 Å². The van der Waals surface area contributed by atoms with Crippen LogP contribution in [0.25, 0.3) is 11.2 Å². The summed E-state index contributed by atoms with van der Waals surface area (Å²) >= 11 is 0. The maximum atomic E-state index is 11.6. The SMILES string of the molecule is Nc1ncnc2c1ncn2[C@@H]1C[C@@H]2OCP(=O)(O)O[C@H]2C1. The Morgan fingerprint density at radius 1 is 1.33 bits per heavy atom.